The molecule has 0 radical (unpaired) electrons. The quantitative estimate of drug-likeness (QED) is 0.798. The van der Waals surface area contributed by atoms with Crippen molar-refractivity contribution in [3.8, 4) is 0 Å². The Kier molecular flexibility index (Phi) is 2.13. The molecule has 4 heterocycles. The highest BCUT2D eigenvalue weighted by molar-refractivity contribution is 5.03. The van der Waals surface area contributed by atoms with E-state index in [-0.39, 0.29) is 0 Å². The minimum absolute atomic E-state index is 0.541. The molecule has 4 aliphatic rings. The fourth-order valence-electron chi connectivity index (χ4n) is 4.30. The predicted octanol–water partition coefficient (Wildman–Crippen LogP) is 0.617. The Balaban J connectivity index is 1.32. The number of aromatic nitrogens is 4. The van der Waals surface area contributed by atoms with Crippen LogP contribution < -0.4 is 0 Å². The van der Waals surface area contributed by atoms with E-state index in [1.807, 2.05) is 4.68 Å². The van der Waals surface area contributed by atoms with Gasteiger partial charge in [-0.05, 0) is 36.1 Å². The molecule has 1 aromatic heterocycles. The molecule has 0 aromatic carbocycles. The Morgan fingerprint density at radius 3 is 2.47 bits per heavy atom. The molecule has 102 valence electrons. The summed E-state index contributed by atoms with van der Waals surface area (Å²) in [7, 11) is 0. The van der Waals surface area contributed by atoms with Crippen LogP contribution in [0.5, 0.6) is 0 Å². The molecule has 2 bridgehead atoms. The monoisotopic (exact) mass is 261 g/mol. The minimum Gasteiger partial charge on any atom is -0.374 e. The van der Waals surface area contributed by atoms with Crippen LogP contribution in [0.2, 0.25) is 0 Å². The molecule has 4 fully saturated rings. The van der Waals surface area contributed by atoms with E-state index in [1.54, 1.807) is 0 Å². The van der Waals surface area contributed by atoms with E-state index in [9.17, 15) is 0 Å². The molecular formula is C13H19N5O. The van der Waals surface area contributed by atoms with Crippen LogP contribution in [0.25, 0.3) is 0 Å². The van der Waals surface area contributed by atoms with E-state index in [4.69, 9.17) is 4.74 Å². The van der Waals surface area contributed by atoms with Gasteiger partial charge in [0.25, 0.3) is 0 Å². The first-order chi connectivity index (χ1) is 9.38. The largest absolute Gasteiger partial charge is 0.374 e. The van der Waals surface area contributed by atoms with Gasteiger partial charge in [0.15, 0.2) is 5.82 Å². The lowest BCUT2D eigenvalue weighted by atomic mass is 9.82. The summed E-state index contributed by atoms with van der Waals surface area (Å²) in [5, 5.41) is 12.2. The van der Waals surface area contributed by atoms with E-state index in [1.165, 1.54) is 38.8 Å². The molecule has 0 spiro atoms. The molecule has 4 atom stereocenters. The zero-order valence-electron chi connectivity index (χ0n) is 11.0. The highest BCUT2D eigenvalue weighted by Gasteiger charge is 2.52. The van der Waals surface area contributed by atoms with Crippen molar-refractivity contribution in [2.45, 2.75) is 50.5 Å². The van der Waals surface area contributed by atoms with Crippen molar-refractivity contribution >= 4 is 0 Å². The molecule has 1 aromatic rings. The molecule has 6 nitrogen and oxygen atoms in total. The third-order valence-corrected chi connectivity index (χ3v) is 5.35. The summed E-state index contributed by atoms with van der Waals surface area (Å²) >= 11 is 0. The molecular weight excluding hydrogens is 242 g/mol. The molecule has 0 N–H and O–H groups in total. The molecule has 4 unspecified atom stereocenters. The van der Waals surface area contributed by atoms with Gasteiger partial charge in [0.2, 0.25) is 0 Å². The lowest BCUT2D eigenvalue weighted by Crippen LogP contribution is -2.26. The van der Waals surface area contributed by atoms with Gasteiger partial charge in [0.05, 0.1) is 24.8 Å². The van der Waals surface area contributed by atoms with Crippen LogP contribution in [0, 0.1) is 11.8 Å². The highest BCUT2D eigenvalue weighted by Crippen LogP contribution is 2.47. The second-order valence-electron chi connectivity index (χ2n) is 6.58. The van der Waals surface area contributed by atoms with Crippen molar-refractivity contribution in [1.82, 2.24) is 25.1 Å². The zero-order valence-corrected chi connectivity index (χ0v) is 11.0. The molecule has 0 amide bonds. The lowest BCUT2D eigenvalue weighted by Gasteiger charge is -2.18. The van der Waals surface area contributed by atoms with Gasteiger partial charge in [-0.3, -0.25) is 4.90 Å². The Labute approximate surface area is 112 Å². The van der Waals surface area contributed by atoms with E-state index in [2.05, 4.69) is 20.4 Å². The van der Waals surface area contributed by atoms with Gasteiger partial charge in [-0.1, -0.05) is 0 Å². The number of hydrogen-bond acceptors (Lipinski definition) is 5. The maximum atomic E-state index is 6.02. The third kappa shape index (κ3) is 1.59. The number of nitrogens with zero attached hydrogens (tertiary/aromatic N) is 5. The van der Waals surface area contributed by atoms with Crippen molar-refractivity contribution in [2.75, 3.05) is 13.1 Å². The van der Waals surface area contributed by atoms with Gasteiger partial charge in [0, 0.05) is 24.9 Å². The number of ether oxygens (including phenoxy) is 1. The van der Waals surface area contributed by atoms with E-state index < -0.39 is 0 Å². The molecule has 3 saturated heterocycles. The summed E-state index contributed by atoms with van der Waals surface area (Å²) in [6, 6.07) is 0.576. The van der Waals surface area contributed by atoms with Gasteiger partial charge in [-0.25, -0.2) is 4.68 Å². The Morgan fingerprint density at radius 1 is 1.05 bits per heavy atom. The van der Waals surface area contributed by atoms with Gasteiger partial charge < -0.3 is 4.74 Å². The van der Waals surface area contributed by atoms with Crippen molar-refractivity contribution in [3.05, 3.63) is 5.82 Å². The second kappa shape index (κ2) is 3.76. The maximum Gasteiger partial charge on any atom is 0.165 e. The van der Waals surface area contributed by atoms with Crippen LogP contribution in [0.3, 0.4) is 0 Å². The number of tetrazole rings is 1. The number of likely N-dealkylation sites (tertiary alicyclic amines) is 1. The highest BCUT2D eigenvalue weighted by atomic mass is 16.5. The Hall–Kier alpha value is -1.01. The lowest BCUT2D eigenvalue weighted by molar-refractivity contribution is 0.0691. The average Bonchev–Trinajstić information content (AvgIpc) is 2.86. The minimum atomic E-state index is 0.541. The van der Waals surface area contributed by atoms with Gasteiger partial charge in [-0.2, -0.15) is 0 Å². The van der Waals surface area contributed by atoms with Crippen molar-refractivity contribution in [2.24, 2.45) is 11.8 Å². The molecule has 3 aliphatic heterocycles. The third-order valence-electron chi connectivity index (χ3n) is 5.35. The summed E-state index contributed by atoms with van der Waals surface area (Å²) < 4.78 is 8.06. The Morgan fingerprint density at radius 2 is 1.79 bits per heavy atom. The summed E-state index contributed by atoms with van der Waals surface area (Å²) in [4.78, 5) is 2.54. The predicted molar refractivity (Wildman–Crippen MR) is 66.2 cm³/mol. The molecule has 1 aliphatic carbocycles. The first kappa shape index (κ1) is 10.7. The van der Waals surface area contributed by atoms with Crippen LogP contribution in [0.1, 0.15) is 37.5 Å². The number of fused-ring (bicyclic) bond motifs is 5. The summed E-state index contributed by atoms with van der Waals surface area (Å²) in [6.07, 6.45) is 6.11. The second-order valence-corrected chi connectivity index (χ2v) is 6.58. The maximum absolute atomic E-state index is 6.02. The fraction of sp³-hybridized carbons (Fsp3) is 0.923. The molecule has 6 heteroatoms. The van der Waals surface area contributed by atoms with Crippen molar-refractivity contribution in [3.63, 3.8) is 0 Å². The zero-order chi connectivity index (χ0) is 12.4. The van der Waals surface area contributed by atoms with Crippen LogP contribution in [-0.2, 0) is 11.3 Å². The van der Waals surface area contributed by atoms with Crippen LogP contribution in [0.4, 0.5) is 0 Å². The van der Waals surface area contributed by atoms with E-state index >= 15 is 0 Å². The van der Waals surface area contributed by atoms with Crippen LogP contribution >= 0.6 is 0 Å². The molecule has 1 saturated carbocycles. The standard InChI is InChI=1S/C13H19N5O/c1-2-8(1)18-13(14-15-16-18)7-17-5-9-10(6-17)12-4-3-11(9)19-12/h8-12H,1-7H2. The summed E-state index contributed by atoms with van der Waals surface area (Å²) in [5.74, 6) is 2.59. The molecule has 5 rings (SSSR count). The number of hydrogen-bond donors (Lipinski definition) is 0. The topological polar surface area (TPSA) is 56.1 Å². The van der Waals surface area contributed by atoms with Gasteiger partial charge >= 0.3 is 0 Å². The average molecular weight is 261 g/mol. The first-order valence-corrected chi connectivity index (χ1v) is 7.53. The fourth-order valence-corrected chi connectivity index (χ4v) is 4.30. The smallest absolute Gasteiger partial charge is 0.165 e. The van der Waals surface area contributed by atoms with Crippen LogP contribution in [0.15, 0.2) is 0 Å². The van der Waals surface area contributed by atoms with Crippen LogP contribution in [-0.4, -0.2) is 50.4 Å². The van der Waals surface area contributed by atoms with Crippen molar-refractivity contribution in [1.29, 1.82) is 0 Å². The van der Waals surface area contributed by atoms with E-state index in [0.29, 0.717) is 18.2 Å². The van der Waals surface area contributed by atoms with Gasteiger partial charge in [-0.15, -0.1) is 5.10 Å². The Bertz CT molecular complexity index is 481. The van der Waals surface area contributed by atoms with E-state index in [0.717, 1.165) is 24.2 Å². The first-order valence-electron chi connectivity index (χ1n) is 7.53. The summed E-state index contributed by atoms with van der Waals surface area (Å²) in [5.41, 5.74) is 0. The number of rotatable bonds is 3. The molecule has 19 heavy (non-hydrogen) atoms. The SMILES string of the molecule is C1CC2OC1C1CN(Cc3nnnn3C3CC3)CC21. The summed E-state index contributed by atoms with van der Waals surface area (Å²) in [6.45, 7) is 3.25. The van der Waals surface area contributed by atoms with Gasteiger partial charge in [0.1, 0.15) is 0 Å². The van der Waals surface area contributed by atoms with Crippen molar-refractivity contribution < 1.29 is 4.74 Å². The normalized spacial score (nSPS) is 41.1.